The molecule has 0 saturated carbocycles. The van der Waals surface area contributed by atoms with Crippen LogP contribution in [0.2, 0.25) is 5.02 Å². The Morgan fingerprint density at radius 2 is 2.28 bits per heavy atom. The summed E-state index contributed by atoms with van der Waals surface area (Å²) in [7, 11) is 0. The number of unbranched alkanes of at least 4 members (excludes halogenated alkanes) is 1. The van der Waals surface area contributed by atoms with Gasteiger partial charge in [0.25, 0.3) is 5.91 Å². The van der Waals surface area contributed by atoms with E-state index in [4.69, 9.17) is 16.3 Å². The SMILES string of the molecule is CCCCOCCNC(=O)c1cnc(C)cc1Cl. The minimum absolute atomic E-state index is 0.216. The van der Waals surface area contributed by atoms with Gasteiger partial charge in [-0.05, 0) is 19.4 Å². The monoisotopic (exact) mass is 270 g/mol. The second-order valence-corrected chi connectivity index (χ2v) is 4.43. The second kappa shape index (κ2) is 8.06. The summed E-state index contributed by atoms with van der Waals surface area (Å²) in [4.78, 5) is 15.8. The first-order valence-corrected chi connectivity index (χ1v) is 6.51. The lowest BCUT2D eigenvalue weighted by Crippen LogP contribution is -2.27. The van der Waals surface area contributed by atoms with E-state index in [9.17, 15) is 4.79 Å². The Hall–Kier alpha value is -1.13. The molecule has 0 fully saturated rings. The number of carbonyl (C=O) groups is 1. The lowest BCUT2D eigenvalue weighted by molar-refractivity contribution is 0.0912. The zero-order valence-corrected chi connectivity index (χ0v) is 11.6. The molecule has 0 radical (unpaired) electrons. The van der Waals surface area contributed by atoms with Crippen LogP contribution in [0.3, 0.4) is 0 Å². The van der Waals surface area contributed by atoms with Crippen molar-refractivity contribution in [3.63, 3.8) is 0 Å². The maximum Gasteiger partial charge on any atom is 0.254 e. The van der Waals surface area contributed by atoms with Gasteiger partial charge in [-0.15, -0.1) is 0 Å². The summed E-state index contributed by atoms with van der Waals surface area (Å²) in [5, 5.41) is 3.17. The van der Waals surface area contributed by atoms with Crippen molar-refractivity contribution in [2.24, 2.45) is 0 Å². The van der Waals surface area contributed by atoms with Crippen molar-refractivity contribution in [3.8, 4) is 0 Å². The Kier molecular flexibility index (Phi) is 6.68. The molecule has 18 heavy (non-hydrogen) atoms. The van der Waals surface area contributed by atoms with Crippen LogP contribution in [0.4, 0.5) is 0 Å². The van der Waals surface area contributed by atoms with E-state index < -0.39 is 0 Å². The highest BCUT2D eigenvalue weighted by Crippen LogP contribution is 2.15. The van der Waals surface area contributed by atoms with Gasteiger partial charge < -0.3 is 10.1 Å². The van der Waals surface area contributed by atoms with Crippen LogP contribution in [0.25, 0.3) is 0 Å². The van der Waals surface area contributed by atoms with Crippen molar-refractivity contribution in [1.82, 2.24) is 10.3 Å². The van der Waals surface area contributed by atoms with E-state index in [2.05, 4.69) is 17.2 Å². The van der Waals surface area contributed by atoms with Crippen LogP contribution in [-0.2, 0) is 4.74 Å². The molecule has 100 valence electrons. The number of aromatic nitrogens is 1. The fourth-order valence-corrected chi connectivity index (χ4v) is 1.67. The molecule has 1 amide bonds. The predicted octanol–water partition coefficient (Wildman–Crippen LogP) is 2.59. The van der Waals surface area contributed by atoms with Gasteiger partial charge in [0.1, 0.15) is 0 Å². The fourth-order valence-electron chi connectivity index (χ4n) is 1.37. The Balaban J connectivity index is 2.32. The van der Waals surface area contributed by atoms with Gasteiger partial charge in [-0.25, -0.2) is 0 Å². The average molecular weight is 271 g/mol. The van der Waals surface area contributed by atoms with Gasteiger partial charge in [-0.3, -0.25) is 9.78 Å². The molecule has 1 heterocycles. The number of rotatable bonds is 7. The molecule has 1 aromatic rings. The lowest BCUT2D eigenvalue weighted by atomic mass is 10.2. The maximum atomic E-state index is 11.8. The zero-order valence-electron chi connectivity index (χ0n) is 10.8. The Labute approximate surface area is 113 Å². The van der Waals surface area contributed by atoms with Gasteiger partial charge in [-0.2, -0.15) is 0 Å². The van der Waals surface area contributed by atoms with Crippen LogP contribution in [0.5, 0.6) is 0 Å². The van der Waals surface area contributed by atoms with Gasteiger partial charge >= 0.3 is 0 Å². The quantitative estimate of drug-likeness (QED) is 0.775. The Bertz CT molecular complexity index is 397. The third-order valence-electron chi connectivity index (χ3n) is 2.41. The van der Waals surface area contributed by atoms with Gasteiger partial charge in [0, 0.05) is 25.0 Å². The third kappa shape index (κ3) is 5.02. The highest BCUT2D eigenvalue weighted by Gasteiger charge is 2.10. The molecule has 1 N–H and O–H groups in total. The highest BCUT2D eigenvalue weighted by atomic mass is 35.5. The lowest BCUT2D eigenvalue weighted by Gasteiger charge is -2.07. The first-order chi connectivity index (χ1) is 8.65. The van der Waals surface area contributed by atoms with E-state index >= 15 is 0 Å². The molecular weight excluding hydrogens is 252 g/mol. The Morgan fingerprint density at radius 3 is 2.94 bits per heavy atom. The summed E-state index contributed by atoms with van der Waals surface area (Å²) in [6.45, 7) is 5.67. The molecule has 0 bridgehead atoms. The minimum Gasteiger partial charge on any atom is -0.380 e. The molecule has 5 heteroatoms. The van der Waals surface area contributed by atoms with Gasteiger partial charge in [-0.1, -0.05) is 24.9 Å². The normalized spacial score (nSPS) is 10.4. The van der Waals surface area contributed by atoms with Crippen molar-refractivity contribution < 1.29 is 9.53 Å². The average Bonchev–Trinajstić information content (AvgIpc) is 2.33. The summed E-state index contributed by atoms with van der Waals surface area (Å²) in [5.41, 5.74) is 1.19. The Morgan fingerprint density at radius 1 is 1.50 bits per heavy atom. The molecule has 4 nitrogen and oxygen atoms in total. The largest absolute Gasteiger partial charge is 0.380 e. The molecular formula is C13H19ClN2O2. The van der Waals surface area contributed by atoms with Crippen LogP contribution in [-0.4, -0.2) is 30.6 Å². The third-order valence-corrected chi connectivity index (χ3v) is 2.72. The standard InChI is InChI=1S/C13H19ClN2O2/c1-3-4-6-18-7-5-15-13(17)11-9-16-10(2)8-12(11)14/h8-9H,3-7H2,1-2H3,(H,15,17). The molecule has 1 rings (SSSR count). The van der Waals surface area contributed by atoms with E-state index in [0.29, 0.717) is 23.7 Å². The number of aryl methyl sites for hydroxylation is 1. The number of carbonyl (C=O) groups excluding carboxylic acids is 1. The van der Waals surface area contributed by atoms with Crippen molar-refractivity contribution in [2.75, 3.05) is 19.8 Å². The summed E-state index contributed by atoms with van der Waals surface area (Å²) < 4.78 is 5.35. The zero-order chi connectivity index (χ0) is 13.4. The van der Waals surface area contributed by atoms with Gasteiger partial charge in [0.15, 0.2) is 0 Å². The smallest absolute Gasteiger partial charge is 0.254 e. The fraction of sp³-hybridized carbons (Fsp3) is 0.538. The summed E-state index contributed by atoms with van der Waals surface area (Å²) in [5.74, 6) is -0.216. The summed E-state index contributed by atoms with van der Waals surface area (Å²) in [6.07, 6.45) is 3.64. The second-order valence-electron chi connectivity index (χ2n) is 4.03. The summed E-state index contributed by atoms with van der Waals surface area (Å²) >= 11 is 5.97. The number of halogens is 1. The van der Waals surface area contributed by atoms with Crippen LogP contribution < -0.4 is 5.32 Å². The first kappa shape index (κ1) is 14.9. The predicted molar refractivity (Wildman–Crippen MR) is 72.0 cm³/mol. The molecule has 0 spiro atoms. The molecule has 0 saturated heterocycles. The van der Waals surface area contributed by atoms with E-state index in [-0.39, 0.29) is 5.91 Å². The molecule has 1 aromatic heterocycles. The van der Waals surface area contributed by atoms with Gasteiger partial charge in [0.2, 0.25) is 0 Å². The molecule has 0 aliphatic carbocycles. The topological polar surface area (TPSA) is 51.2 Å². The number of hydrogen-bond donors (Lipinski definition) is 1. The molecule has 0 aromatic carbocycles. The number of amides is 1. The van der Waals surface area contributed by atoms with Crippen LogP contribution >= 0.6 is 11.6 Å². The number of nitrogens with zero attached hydrogens (tertiary/aromatic N) is 1. The van der Waals surface area contributed by atoms with Gasteiger partial charge in [0.05, 0.1) is 17.2 Å². The van der Waals surface area contributed by atoms with E-state index in [1.807, 2.05) is 6.92 Å². The van der Waals surface area contributed by atoms with Crippen LogP contribution in [0.15, 0.2) is 12.3 Å². The maximum absolute atomic E-state index is 11.8. The van der Waals surface area contributed by atoms with Crippen molar-refractivity contribution in [3.05, 3.63) is 28.5 Å². The number of nitrogens with one attached hydrogen (secondary N) is 1. The van der Waals surface area contributed by atoms with Crippen molar-refractivity contribution in [1.29, 1.82) is 0 Å². The van der Waals surface area contributed by atoms with E-state index in [1.165, 1.54) is 6.20 Å². The van der Waals surface area contributed by atoms with Crippen LogP contribution in [0, 0.1) is 6.92 Å². The first-order valence-electron chi connectivity index (χ1n) is 6.13. The number of pyridine rings is 1. The van der Waals surface area contributed by atoms with Crippen LogP contribution in [0.1, 0.15) is 35.8 Å². The molecule has 0 unspecified atom stereocenters. The molecule has 0 aliphatic heterocycles. The van der Waals surface area contributed by atoms with Crippen molar-refractivity contribution >= 4 is 17.5 Å². The van der Waals surface area contributed by atoms with E-state index in [1.54, 1.807) is 6.07 Å². The highest BCUT2D eigenvalue weighted by molar-refractivity contribution is 6.33. The number of hydrogen-bond acceptors (Lipinski definition) is 3. The van der Waals surface area contributed by atoms with Crippen molar-refractivity contribution in [2.45, 2.75) is 26.7 Å². The summed E-state index contributed by atoms with van der Waals surface area (Å²) in [6, 6.07) is 1.67. The van der Waals surface area contributed by atoms with E-state index in [0.717, 1.165) is 25.1 Å². The molecule has 0 atom stereocenters. The minimum atomic E-state index is -0.216. The molecule has 0 aliphatic rings. The number of ether oxygens (including phenoxy) is 1.